The lowest BCUT2D eigenvalue weighted by Crippen LogP contribution is -2.36. The Morgan fingerprint density at radius 3 is 2.86 bits per heavy atom. The first-order valence-electron chi connectivity index (χ1n) is 9.05. The van der Waals surface area contributed by atoms with Crippen LogP contribution in [0.5, 0.6) is 0 Å². The van der Waals surface area contributed by atoms with Gasteiger partial charge in [-0.2, -0.15) is 0 Å². The quantitative estimate of drug-likeness (QED) is 0.547. The first-order chi connectivity index (χ1) is 13.9. The maximum Gasteiger partial charge on any atom is 0.209 e. The molecule has 0 aliphatic carbocycles. The lowest BCUT2D eigenvalue weighted by molar-refractivity contribution is -0.110. The summed E-state index contributed by atoms with van der Waals surface area (Å²) in [5, 5.41) is 16.1. The van der Waals surface area contributed by atoms with Crippen LogP contribution in [0.1, 0.15) is 30.5 Å². The molecule has 1 aromatic heterocycles. The summed E-state index contributed by atoms with van der Waals surface area (Å²) < 4.78 is 13.5. The van der Waals surface area contributed by atoms with E-state index < -0.39 is 5.82 Å². The Kier molecular flexibility index (Phi) is 7.00. The van der Waals surface area contributed by atoms with Crippen LogP contribution in [0.25, 0.3) is 4.91 Å². The number of amides is 1. The van der Waals surface area contributed by atoms with Crippen molar-refractivity contribution in [3.05, 3.63) is 64.2 Å². The van der Waals surface area contributed by atoms with Gasteiger partial charge in [-0.15, -0.1) is 0 Å². The topological polar surface area (TPSA) is 77.5 Å². The third-order valence-electron chi connectivity index (χ3n) is 4.28. The van der Waals surface area contributed by atoms with Crippen molar-refractivity contribution in [3.8, 4) is 0 Å². The molecule has 9 heteroatoms. The van der Waals surface area contributed by atoms with Crippen molar-refractivity contribution in [2.75, 3.05) is 5.32 Å². The van der Waals surface area contributed by atoms with E-state index >= 15 is 0 Å². The molecule has 1 amide bonds. The SMILES string of the molecule is CC(C)Nc1cc(C2=CN(Cc3ccc(F)cc3CO)C(NC=O)S2)c(Cl)cn1. The number of nitrogens with one attached hydrogen (secondary N) is 2. The highest BCUT2D eigenvalue weighted by atomic mass is 35.5. The first kappa shape index (κ1) is 21.4. The number of halogens is 2. The molecule has 0 bridgehead atoms. The van der Waals surface area contributed by atoms with Crippen LogP contribution in [0.3, 0.4) is 0 Å². The Morgan fingerprint density at radius 2 is 2.17 bits per heavy atom. The van der Waals surface area contributed by atoms with E-state index in [1.165, 1.54) is 23.9 Å². The molecule has 1 aromatic carbocycles. The third kappa shape index (κ3) is 5.20. The molecule has 0 spiro atoms. The number of rotatable bonds is 8. The number of aliphatic hydroxyl groups excluding tert-OH is 1. The number of thioether (sulfide) groups is 1. The number of anilines is 1. The number of carbonyl (C=O) groups is 1. The van der Waals surface area contributed by atoms with E-state index in [2.05, 4.69) is 15.6 Å². The predicted molar refractivity (Wildman–Crippen MR) is 114 cm³/mol. The van der Waals surface area contributed by atoms with Gasteiger partial charge in [-0.05, 0) is 43.2 Å². The van der Waals surface area contributed by atoms with Crippen LogP contribution < -0.4 is 10.6 Å². The van der Waals surface area contributed by atoms with Gasteiger partial charge in [0.15, 0.2) is 5.50 Å². The summed E-state index contributed by atoms with van der Waals surface area (Å²) >= 11 is 7.83. The minimum Gasteiger partial charge on any atom is -0.392 e. The highest BCUT2D eigenvalue weighted by Crippen LogP contribution is 2.42. The standard InChI is InChI=1S/C20H22ClFN4O2S/c1-12(2)25-19-6-16(17(21)7-23-19)18-9-26(20(29-18)24-11-28)8-13-3-4-15(22)5-14(13)10-27/h3-7,9,11-12,20,27H,8,10H2,1-2H3,(H,23,25)(H,24,28). The van der Waals surface area contributed by atoms with Crippen LogP contribution in [0.2, 0.25) is 5.02 Å². The zero-order valence-corrected chi connectivity index (χ0v) is 17.6. The second-order valence-corrected chi connectivity index (χ2v) is 8.37. The summed E-state index contributed by atoms with van der Waals surface area (Å²) in [6, 6.07) is 6.40. The number of aromatic nitrogens is 1. The lowest BCUT2D eigenvalue weighted by atomic mass is 10.1. The van der Waals surface area contributed by atoms with Crippen LogP contribution in [0.4, 0.5) is 10.2 Å². The monoisotopic (exact) mass is 436 g/mol. The van der Waals surface area contributed by atoms with Gasteiger partial charge in [0.2, 0.25) is 6.41 Å². The highest BCUT2D eigenvalue weighted by Gasteiger charge is 2.28. The van der Waals surface area contributed by atoms with Gasteiger partial charge in [-0.3, -0.25) is 4.79 Å². The molecule has 3 rings (SSSR count). The number of hydrogen-bond acceptors (Lipinski definition) is 6. The first-order valence-corrected chi connectivity index (χ1v) is 10.3. The summed E-state index contributed by atoms with van der Waals surface area (Å²) in [4.78, 5) is 18.2. The van der Waals surface area contributed by atoms with Crippen molar-refractivity contribution in [2.24, 2.45) is 0 Å². The Hall–Kier alpha value is -2.29. The van der Waals surface area contributed by atoms with Crippen LogP contribution >= 0.6 is 23.4 Å². The number of nitrogens with zero attached hydrogens (tertiary/aromatic N) is 2. The van der Waals surface area contributed by atoms with Crippen molar-refractivity contribution in [3.63, 3.8) is 0 Å². The Labute approximate surface area is 178 Å². The normalized spacial score (nSPS) is 16.1. The molecule has 29 heavy (non-hydrogen) atoms. The van der Waals surface area contributed by atoms with E-state index in [1.54, 1.807) is 12.3 Å². The minimum absolute atomic E-state index is 0.220. The summed E-state index contributed by atoms with van der Waals surface area (Å²) in [6.45, 7) is 4.16. The molecule has 2 aromatic rings. The molecule has 0 saturated carbocycles. The van der Waals surface area contributed by atoms with Gasteiger partial charge in [0, 0.05) is 35.5 Å². The average molecular weight is 437 g/mol. The summed E-state index contributed by atoms with van der Waals surface area (Å²) in [6.07, 6.45) is 4.13. The van der Waals surface area contributed by atoms with Gasteiger partial charge in [-0.25, -0.2) is 9.37 Å². The van der Waals surface area contributed by atoms with Crippen LogP contribution in [0, 0.1) is 5.82 Å². The lowest BCUT2D eigenvalue weighted by Gasteiger charge is -2.24. The van der Waals surface area contributed by atoms with E-state index in [0.717, 1.165) is 16.0 Å². The molecule has 6 nitrogen and oxygen atoms in total. The Morgan fingerprint density at radius 1 is 1.38 bits per heavy atom. The van der Waals surface area contributed by atoms with E-state index in [4.69, 9.17) is 11.6 Å². The summed E-state index contributed by atoms with van der Waals surface area (Å²) in [5.74, 6) is 0.307. The molecular formula is C20H22ClFN4O2S. The molecular weight excluding hydrogens is 415 g/mol. The molecule has 1 atom stereocenters. The van der Waals surface area contributed by atoms with Gasteiger partial charge >= 0.3 is 0 Å². The van der Waals surface area contributed by atoms with E-state index in [9.17, 15) is 14.3 Å². The van der Waals surface area contributed by atoms with Crippen LogP contribution in [-0.2, 0) is 17.9 Å². The third-order valence-corrected chi connectivity index (χ3v) is 5.79. The van der Waals surface area contributed by atoms with Crippen LogP contribution in [-0.4, -0.2) is 32.9 Å². The second-order valence-electron chi connectivity index (χ2n) is 6.84. The second kappa shape index (κ2) is 9.47. The maximum atomic E-state index is 13.5. The predicted octanol–water partition coefficient (Wildman–Crippen LogP) is 3.76. The fourth-order valence-electron chi connectivity index (χ4n) is 2.98. The largest absolute Gasteiger partial charge is 0.392 e. The molecule has 0 saturated heterocycles. The van der Waals surface area contributed by atoms with Crippen LogP contribution in [0.15, 0.2) is 36.7 Å². The summed E-state index contributed by atoms with van der Waals surface area (Å²) in [7, 11) is 0. The molecule has 2 heterocycles. The van der Waals surface area contributed by atoms with Gasteiger partial charge in [0.05, 0.1) is 11.6 Å². The smallest absolute Gasteiger partial charge is 0.209 e. The number of benzene rings is 1. The minimum atomic E-state index is -0.402. The Balaban J connectivity index is 1.91. The zero-order valence-electron chi connectivity index (χ0n) is 16.0. The fourth-order valence-corrected chi connectivity index (χ4v) is 4.37. The summed E-state index contributed by atoms with van der Waals surface area (Å²) in [5.41, 5.74) is 1.72. The molecule has 1 aliphatic rings. The Bertz CT molecular complexity index is 925. The number of hydrogen-bond donors (Lipinski definition) is 3. The van der Waals surface area contributed by atoms with Crippen molar-refractivity contribution >= 4 is 40.5 Å². The van der Waals surface area contributed by atoms with E-state index in [1.807, 2.05) is 31.0 Å². The number of aliphatic hydroxyl groups is 1. The average Bonchev–Trinajstić information content (AvgIpc) is 3.07. The van der Waals surface area contributed by atoms with Crippen molar-refractivity contribution in [1.29, 1.82) is 0 Å². The fraction of sp³-hybridized carbons (Fsp3) is 0.300. The van der Waals surface area contributed by atoms with E-state index in [-0.39, 0.29) is 18.1 Å². The maximum absolute atomic E-state index is 13.5. The highest BCUT2D eigenvalue weighted by molar-refractivity contribution is 8.09. The van der Waals surface area contributed by atoms with Crippen molar-refractivity contribution < 1.29 is 14.3 Å². The van der Waals surface area contributed by atoms with Gasteiger partial charge in [0.25, 0.3) is 0 Å². The molecule has 3 N–H and O–H groups in total. The zero-order chi connectivity index (χ0) is 21.0. The molecule has 0 fully saturated rings. The molecule has 0 radical (unpaired) electrons. The molecule has 1 aliphatic heterocycles. The molecule has 154 valence electrons. The van der Waals surface area contributed by atoms with Crippen molar-refractivity contribution in [1.82, 2.24) is 15.2 Å². The van der Waals surface area contributed by atoms with Gasteiger partial charge in [0.1, 0.15) is 11.6 Å². The van der Waals surface area contributed by atoms with Gasteiger partial charge < -0.3 is 20.6 Å². The van der Waals surface area contributed by atoms with Gasteiger partial charge in [-0.1, -0.05) is 29.4 Å². The number of pyridine rings is 1. The van der Waals surface area contributed by atoms with Crippen molar-refractivity contribution in [2.45, 2.75) is 38.5 Å². The molecule has 1 unspecified atom stereocenters. The van der Waals surface area contributed by atoms with E-state index in [0.29, 0.717) is 29.4 Å². The number of carbonyl (C=O) groups excluding carboxylic acids is 1.